The van der Waals surface area contributed by atoms with Crippen LogP contribution in [-0.4, -0.2) is 57.1 Å². The number of anilines is 1. The van der Waals surface area contributed by atoms with E-state index in [2.05, 4.69) is 24.7 Å². The van der Waals surface area contributed by atoms with Gasteiger partial charge in [0.15, 0.2) is 5.82 Å². The number of fused-ring (bicyclic) bond motifs is 1. The highest BCUT2D eigenvalue weighted by molar-refractivity contribution is 7.90. The summed E-state index contributed by atoms with van der Waals surface area (Å²) in [5, 5.41) is 3.86. The highest BCUT2D eigenvalue weighted by atomic mass is 32.2. The van der Waals surface area contributed by atoms with Crippen molar-refractivity contribution >= 4 is 33.0 Å². The number of rotatable bonds is 11. The van der Waals surface area contributed by atoms with E-state index in [1.165, 1.54) is 36.2 Å². The highest BCUT2D eigenvalue weighted by Gasteiger charge is 2.20. The van der Waals surface area contributed by atoms with Crippen molar-refractivity contribution in [2.24, 2.45) is 0 Å². The lowest BCUT2D eigenvalue weighted by Gasteiger charge is -2.15. The molecule has 0 unspecified atom stereocenters. The molecule has 0 saturated carbocycles. The van der Waals surface area contributed by atoms with Gasteiger partial charge in [-0.25, -0.2) is 23.7 Å². The van der Waals surface area contributed by atoms with Crippen LogP contribution in [0.1, 0.15) is 22.4 Å². The molecule has 0 spiro atoms. The summed E-state index contributed by atoms with van der Waals surface area (Å²) in [5.74, 6) is -0.626. The van der Waals surface area contributed by atoms with Crippen molar-refractivity contribution in [2.45, 2.75) is 19.4 Å². The third-order valence-corrected chi connectivity index (χ3v) is 7.06. The van der Waals surface area contributed by atoms with Crippen LogP contribution in [0.4, 0.5) is 14.9 Å². The van der Waals surface area contributed by atoms with Gasteiger partial charge in [-0.3, -0.25) is 4.72 Å². The van der Waals surface area contributed by atoms with Gasteiger partial charge in [0.2, 0.25) is 0 Å². The molecule has 4 N–H and O–H groups in total. The number of imidazole rings is 1. The van der Waals surface area contributed by atoms with Gasteiger partial charge in [-0.15, -0.1) is 0 Å². The number of ether oxygens (including phenoxy) is 1. The molecule has 0 radical (unpaired) electrons. The molecule has 0 aliphatic heterocycles. The molecular weight excluding hydrogens is 543 g/mol. The van der Waals surface area contributed by atoms with E-state index in [0.717, 1.165) is 5.69 Å². The molecule has 0 aliphatic rings. The Kier molecular flexibility index (Phi) is 8.82. The van der Waals surface area contributed by atoms with E-state index in [4.69, 9.17) is 9.15 Å². The van der Waals surface area contributed by atoms with Gasteiger partial charge < -0.3 is 24.4 Å². The second kappa shape index (κ2) is 12.3. The van der Waals surface area contributed by atoms with Crippen molar-refractivity contribution in [3.05, 3.63) is 87.5 Å². The predicted octanol–water partition coefficient (Wildman–Crippen LogP) is 2.51. The van der Waals surface area contributed by atoms with Crippen LogP contribution < -0.4 is 25.1 Å². The van der Waals surface area contributed by atoms with Crippen molar-refractivity contribution in [1.29, 1.82) is 0 Å². The maximum atomic E-state index is 15.3. The Labute approximate surface area is 229 Å². The van der Waals surface area contributed by atoms with E-state index in [1.807, 2.05) is 0 Å². The van der Waals surface area contributed by atoms with Gasteiger partial charge in [0.05, 0.1) is 17.7 Å². The Morgan fingerprint density at radius 1 is 1.20 bits per heavy atom. The van der Waals surface area contributed by atoms with E-state index in [-0.39, 0.29) is 41.1 Å². The standard InChI is InChI=1S/C26H29FN6O6S/c1-28-40(36,37)32-22-6-4-5-16(24(22)27)11-20-21(14-29-10-9-17-13-30-15-31-17)19-8-7-18(38-26(35)33(2)3)12-23(19)39-25(20)34/h4-8,12-13,15,28-29,32H,9-11,14H2,1-3H3,(H,30,31). The fourth-order valence-corrected chi connectivity index (χ4v) is 4.51. The molecule has 1 amide bonds. The molecule has 2 aromatic heterocycles. The molecule has 0 fully saturated rings. The van der Waals surface area contributed by atoms with Crippen LogP contribution in [0.2, 0.25) is 0 Å². The van der Waals surface area contributed by atoms with Gasteiger partial charge in [-0.2, -0.15) is 8.42 Å². The molecule has 212 valence electrons. The first-order valence-corrected chi connectivity index (χ1v) is 13.7. The number of benzene rings is 2. The Morgan fingerprint density at radius 2 is 2.00 bits per heavy atom. The van der Waals surface area contributed by atoms with Gasteiger partial charge in [0, 0.05) is 70.3 Å². The van der Waals surface area contributed by atoms with Crippen LogP contribution in [-0.2, 0) is 29.6 Å². The Bertz CT molecular complexity index is 1670. The van der Waals surface area contributed by atoms with Crippen LogP contribution >= 0.6 is 0 Å². The Morgan fingerprint density at radius 3 is 2.70 bits per heavy atom. The third kappa shape index (κ3) is 6.83. The van der Waals surface area contributed by atoms with Crippen molar-refractivity contribution < 1.29 is 26.8 Å². The summed E-state index contributed by atoms with van der Waals surface area (Å²) < 4.78 is 54.2. The second-order valence-electron chi connectivity index (χ2n) is 9.02. The summed E-state index contributed by atoms with van der Waals surface area (Å²) >= 11 is 0. The zero-order chi connectivity index (χ0) is 28.9. The number of hydrogen-bond donors (Lipinski definition) is 4. The van der Waals surface area contributed by atoms with E-state index in [1.54, 1.807) is 38.8 Å². The summed E-state index contributed by atoms with van der Waals surface area (Å²) in [6.07, 6.45) is 3.25. The third-order valence-electron chi connectivity index (χ3n) is 6.04. The number of aromatic nitrogens is 2. The van der Waals surface area contributed by atoms with Crippen LogP contribution in [0.25, 0.3) is 11.0 Å². The first-order chi connectivity index (χ1) is 19.1. The molecule has 2 heterocycles. The summed E-state index contributed by atoms with van der Waals surface area (Å²) in [7, 11) is 0.323. The van der Waals surface area contributed by atoms with E-state index in [0.29, 0.717) is 23.9 Å². The SMILES string of the molecule is CNS(=O)(=O)Nc1cccc(Cc2c(CNCCc3c[nH]cn3)c3ccc(OC(=O)N(C)C)cc3oc2=O)c1F. The molecule has 14 heteroatoms. The van der Waals surface area contributed by atoms with Gasteiger partial charge >= 0.3 is 11.7 Å². The zero-order valence-corrected chi connectivity index (χ0v) is 22.9. The van der Waals surface area contributed by atoms with E-state index >= 15 is 4.39 Å². The van der Waals surface area contributed by atoms with Gasteiger partial charge in [-0.05, 0) is 29.3 Å². The van der Waals surface area contributed by atoms with Gasteiger partial charge in [-0.1, -0.05) is 12.1 Å². The maximum Gasteiger partial charge on any atom is 0.414 e. The fourth-order valence-electron chi connectivity index (χ4n) is 3.96. The zero-order valence-electron chi connectivity index (χ0n) is 22.1. The first-order valence-electron chi connectivity index (χ1n) is 12.2. The lowest BCUT2D eigenvalue weighted by Crippen LogP contribution is -2.27. The molecule has 4 aromatic rings. The Hall–Kier alpha value is -4.27. The lowest BCUT2D eigenvalue weighted by molar-refractivity contribution is 0.172. The number of carbonyl (C=O) groups is 1. The van der Waals surface area contributed by atoms with Gasteiger partial charge in [0.25, 0.3) is 10.2 Å². The topological polar surface area (TPSA) is 159 Å². The molecule has 2 aromatic carbocycles. The normalized spacial score (nSPS) is 11.5. The smallest absolute Gasteiger partial charge is 0.414 e. The molecule has 0 aliphatic carbocycles. The maximum absolute atomic E-state index is 15.3. The highest BCUT2D eigenvalue weighted by Crippen LogP contribution is 2.28. The van der Waals surface area contributed by atoms with Crippen LogP contribution in [0.15, 0.2) is 58.1 Å². The second-order valence-corrected chi connectivity index (χ2v) is 10.6. The number of hydrogen-bond acceptors (Lipinski definition) is 8. The Balaban J connectivity index is 1.71. The molecule has 12 nitrogen and oxygen atoms in total. The number of amides is 1. The summed E-state index contributed by atoms with van der Waals surface area (Å²) in [5.41, 5.74) is 0.955. The van der Waals surface area contributed by atoms with Crippen molar-refractivity contribution in [3.8, 4) is 5.75 Å². The number of aromatic amines is 1. The minimum Gasteiger partial charge on any atom is -0.422 e. The summed E-state index contributed by atoms with van der Waals surface area (Å²) in [4.78, 5) is 33.6. The average Bonchev–Trinajstić information content (AvgIpc) is 3.43. The molecule has 0 saturated heterocycles. The van der Waals surface area contributed by atoms with Crippen molar-refractivity contribution in [3.63, 3.8) is 0 Å². The number of carbonyl (C=O) groups excluding carboxylic acids is 1. The van der Waals surface area contributed by atoms with Crippen LogP contribution in [0.5, 0.6) is 5.75 Å². The van der Waals surface area contributed by atoms with E-state index < -0.39 is 27.7 Å². The molecule has 40 heavy (non-hydrogen) atoms. The monoisotopic (exact) mass is 572 g/mol. The molecule has 4 rings (SSSR count). The summed E-state index contributed by atoms with van der Waals surface area (Å²) in [6, 6.07) is 8.93. The van der Waals surface area contributed by atoms with E-state index in [9.17, 15) is 18.0 Å². The van der Waals surface area contributed by atoms with Crippen LogP contribution in [0, 0.1) is 5.82 Å². The van der Waals surface area contributed by atoms with Gasteiger partial charge in [0.1, 0.15) is 11.3 Å². The number of nitrogens with one attached hydrogen (secondary N) is 4. The van der Waals surface area contributed by atoms with Crippen molar-refractivity contribution in [1.82, 2.24) is 24.9 Å². The quantitative estimate of drug-likeness (QED) is 0.158. The fraction of sp³-hybridized carbons (Fsp3) is 0.269. The number of H-pyrrole nitrogens is 1. The first kappa shape index (κ1) is 28.7. The lowest BCUT2D eigenvalue weighted by atomic mass is 9.97. The number of halogens is 1. The minimum atomic E-state index is -3.96. The van der Waals surface area contributed by atoms with Crippen LogP contribution in [0.3, 0.4) is 0 Å². The largest absolute Gasteiger partial charge is 0.422 e. The number of nitrogens with zero attached hydrogens (tertiary/aromatic N) is 2. The molecular formula is C26H29FN6O6S. The minimum absolute atomic E-state index is 0.0947. The molecule has 0 bridgehead atoms. The van der Waals surface area contributed by atoms with Crippen molar-refractivity contribution in [2.75, 3.05) is 32.4 Å². The molecule has 0 atom stereocenters. The predicted molar refractivity (Wildman–Crippen MR) is 147 cm³/mol. The summed E-state index contributed by atoms with van der Waals surface area (Å²) in [6.45, 7) is 0.784. The average molecular weight is 573 g/mol.